The molecule has 0 fully saturated rings. The molecule has 0 aliphatic carbocycles. The monoisotopic (exact) mass is 502 g/mol. The lowest BCUT2D eigenvalue weighted by Gasteiger charge is -2.12. The van der Waals surface area contributed by atoms with Gasteiger partial charge in [-0.1, -0.05) is 24.3 Å². The van der Waals surface area contributed by atoms with Gasteiger partial charge in [0.1, 0.15) is 17.3 Å². The zero-order valence-corrected chi connectivity index (χ0v) is 20.7. The third kappa shape index (κ3) is 4.70. The molecule has 6 aromatic rings. The van der Waals surface area contributed by atoms with Crippen LogP contribution in [0.2, 0.25) is 0 Å². The highest BCUT2D eigenvalue weighted by atomic mass is 32.1. The van der Waals surface area contributed by atoms with Gasteiger partial charge in [0.2, 0.25) is 5.88 Å². The van der Waals surface area contributed by atoms with Crippen molar-refractivity contribution in [2.24, 2.45) is 0 Å². The van der Waals surface area contributed by atoms with Gasteiger partial charge in [0, 0.05) is 52.4 Å². The molecule has 180 valence electrons. The summed E-state index contributed by atoms with van der Waals surface area (Å²) >= 11 is 1.65. The van der Waals surface area contributed by atoms with E-state index >= 15 is 0 Å². The number of aromatic nitrogens is 4. The van der Waals surface area contributed by atoms with E-state index in [1.54, 1.807) is 23.7 Å². The number of anilines is 3. The summed E-state index contributed by atoms with van der Waals surface area (Å²) in [5.74, 6) is 2.68. The van der Waals surface area contributed by atoms with Crippen LogP contribution in [0.4, 0.5) is 17.3 Å². The second-order valence-corrected chi connectivity index (χ2v) is 9.02. The van der Waals surface area contributed by atoms with E-state index in [1.807, 2.05) is 73.1 Å². The van der Waals surface area contributed by atoms with Crippen LogP contribution in [0, 0.1) is 0 Å². The Kier molecular flexibility index (Phi) is 6.14. The van der Waals surface area contributed by atoms with Crippen molar-refractivity contribution in [1.82, 2.24) is 20.2 Å². The van der Waals surface area contributed by atoms with E-state index in [0.717, 1.165) is 44.7 Å². The topological polar surface area (TPSA) is 84.9 Å². The molecule has 2 N–H and O–H groups in total. The average molecular weight is 503 g/mol. The molecule has 7 nitrogen and oxygen atoms in total. The number of ether oxygens (including phenoxy) is 1. The zero-order valence-electron chi connectivity index (χ0n) is 19.9. The van der Waals surface area contributed by atoms with Crippen molar-refractivity contribution in [3.63, 3.8) is 0 Å². The maximum Gasteiger partial charge on any atom is 0.227 e. The minimum Gasteiger partial charge on any atom is -0.438 e. The molecule has 0 aliphatic heterocycles. The summed E-state index contributed by atoms with van der Waals surface area (Å²) in [6.45, 7) is 0. The molecule has 6 rings (SSSR count). The molecule has 0 bridgehead atoms. The van der Waals surface area contributed by atoms with Crippen LogP contribution >= 0.6 is 11.3 Å². The number of benzene rings is 2. The standard InChI is InChI=1S/C29H22N6OS/c1-30-26-17-19(12-15-31-26)23-7-4-14-32-29(23)36-22-10-8-21(9-11-22)33-28-25-6-3-2-5-24(25)27(34-35-28)20-13-16-37-18-20/h2-18H,1H3,(H,30,31)(H,33,35). The second kappa shape index (κ2) is 10.0. The van der Waals surface area contributed by atoms with Crippen LogP contribution in [0.5, 0.6) is 11.6 Å². The highest BCUT2D eigenvalue weighted by Gasteiger charge is 2.12. The van der Waals surface area contributed by atoms with Crippen molar-refractivity contribution in [3.05, 3.63) is 102 Å². The van der Waals surface area contributed by atoms with Gasteiger partial charge in [-0.2, -0.15) is 11.3 Å². The van der Waals surface area contributed by atoms with Gasteiger partial charge in [0.15, 0.2) is 5.82 Å². The van der Waals surface area contributed by atoms with Gasteiger partial charge >= 0.3 is 0 Å². The summed E-state index contributed by atoms with van der Waals surface area (Å²) in [6, 6.07) is 25.7. The first-order valence-electron chi connectivity index (χ1n) is 11.7. The minimum absolute atomic E-state index is 0.525. The lowest BCUT2D eigenvalue weighted by Crippen LogP contribution is -1.99. The Morgan fingerprint density at radius 3 is 2.46 bits per heavy atom. The summed E-state index contributed by atoms with van der Waals surface area (Å²) in [5, 5.41) is 21.7. The lowest BCUT2D eigenvalue weighted by molar-refractivity contribution is 0.465. The van der Waals surface area contributed by atoms with Crippen LogP contribution in [0.3, 0.4) is 0 Å². The number of thiophene rings is 1. The first-order valence-corrected chi connectivity index (χ1v) is 12.6. The van der Waals surface area contributed by atoms with Gasteiger partial charge in [-0.15, -0.1) is 10.2 Å². The third-order valence-corrected chi connectivity index (χ3v) is 6.59. The molecule has 2 aromatic carbocycles. The minimum atomic E-state index is 0.525. The SMILES string of the molecule is CNc1cc(-c2cccnc2Oc2ccc(Nc3nnc(-c4ccsc4)c4ccccc34)cc2)ccn1. The molecular formula is C29H22N6OS. The van der Waals surface area contributed by atoms with Crippen LogP contribution in [-0.2, 0) is 0 Å². The predicted molar refractivity (Wildman–Crippen MR) is 150 cm³/mol. The Labute approximate surface area is 217 Å². The maximum atomic E-state index is 6.16. The van der Waals surface area contributed by atoms with Gasteiger partial charge < -0.3 is 15.4 Å². The fraction of sp³-hybridized carbons (Fsp3) is 0.0345. The smallest absolute Gasteiger partial charge is 0.227 e. The summed E-state index contributed by atoms with van der Waals surface area (Å²) in [7, 11) is 1.84. The van der Waals surface area contributed by atoms with E-state index in [4.69, 9.17) is 4.74 Å². The molecule has 0 saturated heterocycles. The van der Waals surface area contributed by atoms with Crippen LogP contribution < -0.4 is 15.4 Å². The third-order valence-electron chi connectivity index (χ3n) is 5.91. The van der Waals surface area contributed by atoms with E-state index in [0.29, 0.717) is 17.4 Å². The molecule has 0 aliphatic rings. The molecular weight excluding hydrogens is 480 g/mol. The van der Waals surface area contributed by atoms with E-state index in [-0.39, 0.29) is 0 Å². The molecule has 4 heterocycles. The molecule has 8 heteroatoms. The number of fused-ring (bicyclic) bond motifs is 1. The summed E-state index contributed by atoms with van der Waals surface area (Å²) in [4.78, 5) is 8.75. The number of nitrogens with one attached hydrogen (secondary N) is 2. The highest BCUT2D eigenvalue weighted by Crippen LogP contribution is 2.34. The normalized spacial score (nSPS) is 10.8. The predicted octanol–water partition coefficient (Wildman–Crippen LogP) is 7.39. The largest absolute Gasteiger partial charge is 0.438 e. The summed E-state index contributed by atoms with van der Waals surface area (Å²) < 4.78 is 6.16. The van der Waals surface area contributed by atoms with Gasteiger partial charge in [-0.25, -0.2) is 9.97 Å². The van der Waals surface area contributed by atoms with Gasteiger partial charge in [-0.05, 0) is 65.5 Å². The van der Waals surface area contributed by atoms with E-state index in [2.05, 4.69) is 54.4 Å². The Hall–Kier alpha value is -4.82. The van der Waals surface area contributed by atoms with Crippen LogP contribution in [-0.4, -0.2) is 27.2 Å². The average Bonchev–Trinajstić information content (AvgIpc) is 3.49. The summed E-state index contributed by atoms with van der Waals surface area (Å²) in [5.41, 5.74) is 4.69. The summed E-state index contributed by atoms with van der Waals surface area (Å²) in [6.07, 6.45) is 3.48. The Bertz CT molecular complexity index is 1670. The number of rotatable bonds is 7. The first kappa shape index (κ1) is 22.6. The number of pyridine rings is 2. The zero-order chi connectivity index (χ0) is 25.0. The Balaban J connectivity index is 1.25. The molecule has 0 amide bonds. The molecule has 4 aromatic heterocycles. The highest BCUT2D eigenvalue weighted by molar-refractivity contribution is 7.08. The number of hydrogen-bond donors (Lipinski definition) is 2. The van der Waals surface area contributed by atoms with E-state index in [1.165, 1.54) is 0 Å². The van der Waals surface area contributed by atoms with Crippen molar-refractivity contribution in [1.29, 1.82) is 0 Å². The molecule has 0 unspecified atom stereocenters. The molecule has 0 radical (unpaired) electrons. The number of hydrogen-bond acceptors (Lipinski definition) is 8. The van der Waals surface area contributed by atoms with Gasteiger partial charge in [-0.3, -0.25) is 0 Å². The molecule has 37 heavy (non-hydrogen) atoms. The first-order chi connectivity index (χ1) is 18.3. The van der Waals surface area contributed by atoms with Crippen molar-refractivity contribution in [3.8, 4) is 34.0 Å². The quantitative estimate of drug-likeness (QED) is 0.235. The van der Waals surface area contributed by atoms with Gasteiger partial charge in [0.05, 0.1) is 0 Å². The Morgan fingerprint density at radius 2 is 1.65 bits per heavy atom. The Morgan fingerprint density at radius 1 is 0.784 bits per heavy atom. The van der Waals surface area contributed by atoms with E-state index in [9.17, 15) is 0 Å². The van der Waals surface area contributed by atoms with Crippen molar-refractivity contribution >= 4 is 39.4 Å². The second-order valence-electron chi connectivity index (χ2n) is 8.24. The van der Waals surface area contributed by atoms with Crippen molar-refractivity contribution in [2.75, 3.05) is 17.7 Å². The van der Waals surface area contributed by atoms with Crippen LogP contribution in [0.1, 0.15) is 0 Å². The maximum absolute atomic E-state index is 6.16. The fourth-order valence-corrected chi connectivity index (χ4v) is 4.73. The van der Waals surface area contributed by atoms with Gasteiger partial charge in [0.25, 0.3) is 0 Å². The van der Waals surface area contributed by atoms with Crippen molar-refractivity contribution in [2.45, 2.75) is 0 Å². The molecule has 0 saturated carbocycles. The van der Waals surface area contributed by atoms with Crippen LogP contribution in [0.15, 0.2) is 102 Å². The lowest BCUT2D eigenvalue weighted by atomic mass is 10.1. The number of nitrogens with zero attached hydrogens (tertiary/aromatic N) is 4. The van der Waals surface area contributed by atoms with Crippen LogP contribution in [0.25, 0.3) is 33.2 Å². The fourth-order valence-electron chi connectivity index (χ4n) is 4.09. The molecule has 0 spiro atoms. The van der Waals surface area contributed by atoms with Crippen molar-refractivity contribution < 1.29 is 4.74 Å². The molecule has 0 atom stereocenters. The van der Waals surface area contributed by atoms with E-state index < -0.39 is 0 Å².